The van der Waals surface area contributed by atoms with Crippen LogP contribution in [0.4, 0.5) is 26.3 Å². The highest BCUT2D eigenvalue weighted by Gasteiger charge is 2.32. The molecule has 43 heavy (non-hydrogen) atoms. The van der Waals surface area contributed by atoms with E-state index in [1.54, 1.807) is 35.9 Å². The molecule has 8 nitrogen and oxygen atoms in total. The molecule has 0 saturated carbocycles. The van der Waals surface area contributed by atoms with Gasteiger partial charge in [-0.1, -0.05) is 0 Å². The Labute approximate surface area is 240 Å². The Hall–Kier alpha value is -4.72. The number of ether oxygens (including phenoxy) is 5. The molecular weight excluding hydrogens is 586 g/mol. The minimum atomic E-state index is -4.86. The fourth-order valence-electron chi connectivity index (χ4n) is 4.02. The fourth-order valence-corrected chi connectivity index (χ4v) is 4.02. The Morgan fingerprint density at radius 2 is 1.47 bits per heavy atom. The maximum atomic E-state index is 12.6. The molecule has 0 bridgehead atoms. The summed E-state index contributed by atoms with van der Waals surface area (Å²) in [5.74, 6) is 0.258. The highest BCUT2D eigenvalue weighted by atomic mass is 19.4. The SMILES string of the molecule is Cc1cc(OCc2cn(-c3ccc(OC(F)(F)F)cc3)c(-c3ccc(OC(F)(F)F)cc3)n2)ccc1OCC(=O)C1CO1. The van der Waals surface area contributed by atoms with Gasteiger partial charge in [-0.15, -0.1) is 26.3 Å². The summed E-state index contributed by atoms with van der Waals surface area (Å²) in [5, 5.41) is 0. The van der Waals surface area contributed by atoms with Gasteiger partial charge in [0.05, 0.1) is 12.3 Å². The second-order valence-electron chi connectivity index (χ2n) is 9.33. The maximum absolute atomic E-state index is 12.6. The van der Waals surface area contributed by atoms with Crippen LogP contribution in [-0.2, 0) is 16.1 Å². The summed E-state index contributed by atoms with van der Waals surface area (Å²) in [5.41, 5.74) is 1.94. The van der Waals surface area contributed by atoms with E-state index in [0.29, 0.717) is 35.1 Å². The van der Waals surface area contributed by atoms with Gasteiger partial charge in [0.1, 0.15) is 48.1 Å². The average molecular weight is 608 g/mol. The molecule has 5 rings (SSSR count). The number of rotatable bonds is 11. The number of carbonyl (C=O) groups is 1. The van der Waals surface area contributed by atoms with Crippen molar-refractivity contribution in [2.24, 2.45) is 0 Å². The number of halogens is 6. The Morgan fingerprint density at radius 1 is 0.884 bits per heavy atom. The summed E-state index contributed by atoms with van der Waals surface area (Å²) in [6, 6.07) is 15.0. The fraction of sp³-hybridized carbons (Fsp3) is 0.241. The van der Waals surface area contributed by atoms with Crippen molar-refractivity contribution in [1.29, 1.82) is 0 Å². The van der Waals surface area contributed by atoms with Crippen molar-refractivity contribution < 1.29 is 54.8 Å². The molecule has 0 amide bonds. The number of epoxide rings is 1. The van der Waals surface area contributed by atoms with Gasteiger partial charge in [-0.3, -0.25) is 9.36 Å². The van der Waals surface area contributed by atoms with Gasteiger partial charge < -0.3 is 23.7 Å². The molecule has 1 saturated heterocycles. The van der Waals surface area contributed by atoms with Crippen molar-refractivity contribution in [3.63, 3.8) is 0 Å². The standard InChI is InChI=1S/C29H22F6N2O6/c1-17-12-23(10-11-25(17)40-15-24(38)26-16-41-26)39-14-19-13-37(20-4-8-22(9-5-20)43-29(33,34)35)27(36-19)18-2-6-21(7-3-18)42-28(30,31)32/h2-13,26H,14-16H2,1H3. The summed E-state index contributed by atoms with van der Waals surface area (Å²) in [6.45, 7) is 2.05. The number of aryl methyl sites for hydroxylation is 1. The third kappa shape index (κ3) is 8.19. The van der Waals surface area contributed by atoms with E-state index in [-0.39, 0.29) is 24.8 Å². The van der Waals surface area contributed by atoms with Gasteiger partial charge in [-0.25, -0.2) is 4.98 Å². The first-order valence-electron chi connectivity index (χ1n) is 12.6. The lowest BCUT2D eigenvalue weighted by Crippen LogP contribution is -2.17. The van der Waals surface area contributed by atoms with Crippen molar-refractivity contribution in [2.45, 2.75) is 32.4 Å². The van der Waals surface area contributed by atoms with Gasteiger partial charge in [-0.2, -0.15) is 0 Å². The van der Waals surface area contributed by atoms with Crippen LogP contribution < -0.4 is 18.9 Å². The van der Waals surface area contributed by atoms with Crippen molar-refractivity contribution in [2.75, 3.05) is 13.2 Å². The molecule has 3 aromatic carbocycles. The predicted molar refractivity (Wildman–Crippen MR) is 138 cm³/mol. The van der Waals surface area contributed by atoms with Crippen molar-refractivity contribution in [3.05, 3.63) is 84.2 Å². The number of hydrogen-bond donors (Lipinski definition) is 0. The van der Waals surface area contributed by atoms with Crippen LogP contribution in [0.5, 0.6) is 23.0 Å². The lowest BCUT2D eigenvalue weighted by atomic mass is 10.2. The number of alkyl halides is 6. The Bertz CT molecular complexity index is 1500. The van der Waals surface area contributed by atoms with Crippen LogP contribution in [-0.4, -0.2) is 47.4 Å². The summed E-state index contributed by atoms with van der Waals surface area (Å²) >= 11 is 0. The van der Waals surface area contributed by atoms with Crippen LogP contribution in [0.3, 0.4) is 0 Å². The summed E-state index contributed by atoms with van der Waals surface area (Å²) in [7, 11) is 0. The van der Waals surface area contributed by atoms with Crippen LogP contribution in [0.1, 0.15) is 11.3 Å². The molecule has 1 aromatic heterocycles. The predicted octanol–water partition coefficient (Wildman–Crippen LogP) is 6.57. The molecule has 1 aliphatic heterocycles. The third-order valence-corrected chi connectivity index (χ3v) is 6.05. The minimum absolute atomic E-state index is 0.0261. The molecule has 0 spiro atoms. The number of benzene rings is 3. The molecule has 0 N–H and O–H groups in total. The molecule has 1 unspecified atom stereocenters. The number of imidazole rings is 1. The Kier molecular flexibility index (Phi) is 8.22. The monoisotopic (exact) mass is 608 g/mol. The third-order valence-electron chi connectivity index (χ3n) is 6.05. The van der Waals surface area contributed by atoms with E-state index in [1.807, 2.05) is 0 Å². The van der Waals surface area contributed by atoms with E-state index in [2.05, 4.69) is 14.5 Å². The number of aromatic nitrogens is 2. The van der Waals surface area contributed by atoms with Crippen LogP contribution in [0, 0.1) is 6.92 Å². The van der Waals surface area contributed by atoms with E-state index < -0.39 is 30.3 Å². The zero-order valence-electron chi connectivity index (χ0n) is 22.2. The van der Waals surface area contributed by atoms with E-state index in [1.165, 1.54) is 24.3 Å². The molecule has 2 heterocycles. The molecule has 1 aliphatic rings. The maximum Gasteiger partial charge on any atom is 0.573 e. The number of carbonyl (C=O) groups excluding carboxylic acids is 1. The van der Waals surface area contributed by atoms with E-state index in [9.17, 15) is 31.1 Å². The number of ketones is 1. The average Bonchev–Trinajstić information content (AvgIpc) is 3.70. The zero-order chi connectivity index (χ0) is 30.8. The van der Waals surface area contributed by atoms with Crippen LogP contribution >= 0.6 is 0 Å². The minimum Gasteiger partial charge on any atom is -0.487 e. The Morgan fingerprint density at radius 3 is 2.02 bits per heavy atom. The molecule has 0 radical (unpaired) electrons. The van der Waals surface area contributed by atoms with E-state index in [4.69, 9.17) is 14.2 Å². The number of hydrogen-bond acceptors (Lipinski definition) is 7. The highest BCUT2D eigenvalue weighted by Crippen LogP contribution is 2.30. The van der Waals surface area contributed by atoms with Gasteiger partial charge in [-0.05, 0) is 79.2 Å². The van der Waals surface area contributed by atoms with Crippen molar-refractivity contribution in [1.82, 2.24) is 9.55 Å². The lowest BCUT2D eigenvalue weighted by molar-refractivity contribution is -0.275. The first kappa shape index (κ1) is 29.8. The first-order valence-corrected chi connectivity index (χ1v) is 12.6. The van der Waals surface area contributed by atoms with Crippen molar-refractivity contribution >= 4 is 5.78 Å². The van der Waals surface area contributed by atoms with Gasteiger partial charge in [0.2, 0.25) is 5.78 Å². The lowest BCUT2D eigenvalue weighted by Gasteiger charge is -2.12. The molecular formula is C29H22F6N2O6. The molecule has 226 valence electrons. The molecule has 1 fully saturated rings. The van der Waals surface area contributed by atoms with Crippen molar-refractivity contribution in [3.8, 4) is 40.1 Å². The van der Waals surface area contributed by atoms with Gasteiger partial charge in [0.25, 0.3) is 0 Å². The van der Waals surface area contributed by atoms with Crippen LogP contribution in [0.25, 0.3) is 17.1 Å². The topological polar surface area (TPSA) is 84.3 Å². The molecule has 1 atom stereocenters. The molecule has 4 aromatic rings. The first-order chi connectivity index (χ1) is 20.3. The summed E-state index contributed by atoms with van der Waals surface area (Å²) < 4.78 is 101. The van der Waals surface area contributed by atoms with E-state index in [0.717, 1.165) is 29.8 Å². The summed E-state index contributed by atoms with van der Waals surface area (Å²) in [6.07, 6.45) is -8.54. The zero-order valence-corrected chi connectivity index (χ0v) is 22.2. The van der Waals surface area contributed by atoms with Gasteiger partial charge >= 0.3 is 12.7 Å². The normalized spacial score (nSPS) is 14.7. The second kappa shape index (κ2) is 11.9. The van der Waals surface area contributed by atoms with E-state index >= 15 is 0 Å². The van der Waals surface area contributed by atoms with Crippen LogP contribution in [0.15, 0.2) is 72.9 Å². The molecule has 14 heteroatoms. The quantitative estimate of drug-likeness (QED) is 0.141. The van der Waals surface area contributed by atoms with Crippen LogP contribution in [0.2, 0.25) is 0 Å². The number of Topliss-reactive ketones (excluding diaryl/α,β-unsaturated/α-hetero) is 1. The Balaban J connectivity index is 1.35. The smallest absolute Gasteiger partial charge is 0.487 e. The second-order valence-corrected chi connectivity index (χ2v) is 9.33. The number of nitrogens with zero attached hydrogens (tertiary/aromatic N) is 2. The van der Waals surface area contributed by atoms with Gasteiger partial charge in [0, 0.05) is 17.4 Å². The largest absolute Gasteiger partial charge is 0.573 e. The summed E-state index contributed by atoms with van der Waals surface area (Å²) in [4.78, 5) is 16.4. The molecule has 0 aliphatic carbocycles. The highest BCUT2D eigenvalue weighted by molar-refractivity contribution is 5.86. The van der Waals surface area contributed by atoms with Gasteiger partial charge in [0.15, 0.2) is 0 Å².